The highest BCUT2D eigenvalue weighted by Gasteiger charge is 2.21. The highest BCUT2D eigenvalue weighted by molar-refractivity contribution is 5.95. The number of hydrogen-bond donors (Lipinski definition) is 1. The molecular formula is C14H15N3O4. The number of aliphatic carboxylic acids is 1. The first-order valence-corrected chi connectivity index (χ1v) is 6.52. The van der Waals surface area contributed by atoms with Crippen molar-refractivity contribution in [3.8, 4) is 0 Å². The van der Waals surface area contributed by atoms with Crippen LogP contribution in [0.5, 0.6) is 0 Å². The Morgan fingerprint density at radius 1 is 1.38 bits per heavy atom. The third kappa shape index (κ3) is 3.07. The number of amides is 1. The minimum Gasteiger partial charge on any atom is -0.480 e. The minimum atomic E-state index is -1.12. The van der Waals surface area contributed by atoms with Gasteiger partial charge in [0.05, 0.1) is 0 Å². The predicted molar refractivity (Wildman–Crippen MR) is 75.3 cm³/mol. The van der Waals surface area contributed by atoms with E-state index >= 15 is 0 Å². The summed E-state index contributed by atoms with van der Waals surface area (Å²) < 4.78 is 1.26. The van der Waals surface area contributed by atoms with Crippen molar-refractivity contribution in [1.29, 1.82) is 0 Å². The molecule has 110 valence electrons. The Morgan fingerprint density at radius 2 is 2.14 bits per heavy atom. The van der Waals surface area contributed by atoms with Crippen LogP contribution in [0.25, 0.3) is 5.65 Å². The summed E-state index contributed by atoms with van der Waals surface area (Å²) in [5, 5.41) is 8.85. The lowest BCUT2D eigenvalue weighted by Gasteiger charge is -2.19. The Morgan fingerprint density at radius 3 is 2.81 bits per heavy atom. The summed E-state index contributed by atoms with van der Waals surface area (Å²) in [4.78, 5) is 40.6. The van der Waals surface area contributed by atoms with E-state index in [1.54, 1.807) is 18.2 Å². The van der Waals surface area contributed by atoms with Gasteiger partial charge in [0, 0.05) is 18.9 Å². The topological polar surface area (TPSA) is 92.0 Å². The number of pyridine rings is 1. The number of aromatic nitrogens is 2. The predicted octanol–water partition coefficient (Wildman–Crippen LogP) is 0.631. The van der Waals surface area contributed by atoms with E-state index in [0.29, 0.717) is 12.1 Å². The number of carboxylic acid groups (broad SMARTS) is 1. The van der Waals surface area contributed by atoms with Crippen LogP contribution in [0.2, 0.25) is 0 Å². The van der Waals surface area contributed by atoms with Gasteiger partial charge in [-0.3, -0.25) is 18.8 Å². The van der Waals surface area contributed by atoms with Gasteiger partial charge in [0.25, 0.3) is 11.5 Å². The van der Waals surface area contributed by atoms with Crippen molar-refractivity contribution in [3.05, 3.63) is 46.5 Å². The van der Waals surface area contributed by atoms with Gasteiger partial charge in [-0.15, -0.1) is 0 Å². The van der Waals surface area contributed by atoms with Gasteiger partial charge in [0.15, 0.2) is 0 Å². The molecule has 2 rings (SSSR count). The van der Waals surface area contributed by atoms with Crippen LogP contribution in [0.15, 0.2) is 35.4 Å². The van der Waals surface area contributed by atoms with Crippen molar-refractivity contribution in [2.45, 2.75) is 13.3 Å². The van der Waals surface area contributed by atoms with Gasteiger partial charge in [-0.25, -0.2) is 4.98 Å². The molecule has 1 N–H and O–H groups in total. The zero-order chi connectivity index (χ0) is 15.4. The molecule has 0 bridgehead atoms. The number of carbonyl (C=O) groups is 2. The van der Waals surface area contributed by atoms with Gasteiger partial charge in [0.2, 0.25) is 0 Å². The van der Waals surface area contributed by atoms with Crippen LogP contribution in [0.3, 0.4) is 0 Å². The third-order valence-corrected chi connectivity index (χ3v) is 2.95. The van der Waals surface area contributed by atoms with Gasteiger partial charge < -0.3 is 10.0 Å². The molecule has 0 aliphatic heterocycles. The summed E-state index contributed by atoms with van der Waals surface area (Å²) in [5.41, 5.74) is -0.204. The van der Waals surface area contributed by atoms with Gasteiger partial charge in [-0.2, -0.15) is 0 Å². The molecule has 0 fully saturated rings. The first kappa shape index (κ1) is 14.7. The van der Waals surface area contributed by atoms with Crippen LogP contribution in [-0.4, -0.2) is 44.4 Å². The van der Waals surface area contributed by atoms with Crippen molar-refractivity contribution in [3.63, 3.8) is 0 Å². The van der Waals surface area contributed by atoms with E-state index < -0.39 is 24.0 Å². The Labute approximate surface area is 120 Å². The van der Waals surface area contributed by atoms with Crippen LogP contribution >= 0.6 is 0 Å². The molecule has 2 heterocycles. The number of fused-ring (bicyclic) bond motifs is 1. The zero-order valence-electron chi connectivity index (χ0n) is 11.5. The summed E-state index contributed by atoms with van der Waals surface area (Å²) in [6.45, 7) is 1.65. The molecule has 1 amide bonds. The van der Waals surface area contributed by atoms with Crippen molar-refractivity contribution >= 4 is 17.5 Å². The molecular weight excluding hydrogens is 274 g/mol. The molecule has 0 atom stereocenters. The molecule has 0 spiro atoms. The largest absolute Gasteiger partial charge is 0.480 e. The van der Waals surface area contributed by atoms with E-state index in [1.807, 2.05) is 6.92 Å². The number of carbonyl (C=O) groups excluding carboxylic acids is 1. The molecule has 0 unspecified atom stereocenters. The lowest BCUT2D eigenvalue weighted by Crippen LogP contribution is -2.39. The summed E-state index contributed by atoms with van der Waals surface area (Å²) in [6, 6.07) is 5.04. The fraction of sp³-hybridized carbons (Fsp3) is 0.286. The Kier molecular flexibility index (Phi) is 4.32. The SMILES string of the molecule is CCCN(CC(=O)O)C(=O)c1cnc2ccccn2c1=O. The van der Waals surface area contributed by atoms with E-state index in [9.17, 15) is 14.4 Å². The van der Waals surface area contributed by atoms with E-state index in [-0.39, 0.29) is 12.1 Å². The molecule has 21 heavy (non-hydrogen) atoms. The minimum absolute atomic E-state index is 0.131. The van der Waals surface area contributed by atoms with Gasteiger partial charge >= 0.3 is 5.97 Å². The molecule has 7 heteroatoms. The maximum atomic E-state index is 12.3. The number of rotatable bonds is 5. The molecule has 7 nitrogen and oxygen atoms in total. The molecule has 2 aromatic heterocycles. The zero-order valence-corrected chi connectivity index (χ0v) is 11.5. The highest BCUT2D eigenvalue weighted by Crippen LogP contribution is 2.03. The Balaban J connectivity index is 2.44. The van der Waals surface area contributed by atoms with Crippen molar-refractivity contribution < 1.29 is 14.7 Å². The quantitative estimate of drug-likeness (QED) is 0.871. The molecule has 0 saturated carbocycles. The smallest absolute Gasteiger partial charge is 0.323 e. The fourth-order valence-electron chi connectivity index (χ4n) is 2.03. The van der Waals surface area contributed by atoms with Gasteiger partial charge in [-0.1, -0.05) is 13.0 Å². The summed E-state index contributed by atoms with van der Waals surface area (Å²) >= 11 is 0. The van der Waals surface area contributed by atoms with Crippen LogP contribution in [0, 0.1) is 0 Å². The monoisotopic (exact) mass is 289 g/mol. The molecule has 2 aromatic rings. The second-order valence-electron chi connectivity index (χ2n) is 4.53. The third-order valence-electron chi connectivity index (χ3n) is 2.95. The van der Waals surface area contributed by atoms with Crippen LogP contribution in [0.1, 0.15) is 23.7 Å². The maximum absolute atomic E-state index is 12.3. The standard InChI is InChI=1S/C14H15N3O4/c1-2-6-16(9-12(18)19)13(20)10-8-15-11-5-3-4-7-17(11)14(10)21/h3-5,7-8H,2,6,9H2,1H3,(H,18,19). The van der Waals surface area contributed by atoms with Crippen molar-refractivity contribution in [1.82, 2.24) is 14.3 Å². The van der Waals surface area contributed by atoms with Crippen LogP contribution in [0.4, 0.5) is 0 Å². The fourth-order valence-corrected chi connectivity index (χ4v) is 2.03. The van der Waals surface area contributed by atoms with Crippen molar-refractivity contribution in [2.24, 2.45) is 0 Å². The lowest BCUT2D eigenvalue weighted by atomic mass is 10.2. The summed E-state index contributed by atoms with van der Waals surface area (Å²) in [6.07, 6.45) is 3.31. The first-order chi connectivity index (χ1) is 10.0. The van der Waals surface area contributed by atoms with E-state index in [4.69, 9.17) is 5.11 Å². The molecule has 0 aromatic carbocycles. The van der Waals surface area contributed by atoms with E-state index in [2.05, 4.69) is 4.98 Å². The van der Waals surface area contributed by atoms with Crippen LogP contribution in [-0.2, 0) is 4.79 Å². The maximum Gasteiger partial charge on any atom is 0.323 e. The average molecular weight is 289 g/mol. The normalized spacial score (nSPS) is 10.5. The summed E-state index contributed by atoms with van der Waals surface area (Å²) in [5.74, 6) is -1.74. The number of nitrogens with zero attached hydrogens (tertiary/aromatic N) is 3. The Hall–Kier alpha value is -2.70. The molecule has 0 saturated heterocycles. The number of hydrogen-bond acceptors (Lipinski definition) is 4. The molecule has 0 aliphatic rings. The van der Waals surface area contributed by atoms with Crippen LogP contribution < -0.4 is 5.56 Å². The molecule has 0 radical (unpaired) electrons. The summed E-state index contributed by atoms with van der Waals surface area (Å²) in [7, 11) is 0. The number of carboxylic acids is 1. The van der Waals surface area contributed by atoms with Crippen molar-refractivity contribution in [2.75, 3.05) is 13.1 Å². The second-order valence-corrected chi connectivity index (χ2v) is 4.53. The van der Waals surface area contributed by atoms with E-state index in [0.717, 1.165) is 4.90 Å². The lowest BCUT2D eigenvalue weighted by molar-refractivity contribution is -0.137. The highest BCUT2D eigenvalue weighted by atomic mass is 16.4. The Bertz CT molecular complexity index is 738. The van der Waals surface area contributed by atoms with Gasteiger partial charge in [-0.05, 0) is 18.6 Å². The van der Waals surface area contributed by atoms with E-state index in [1.165, 1.54) is 16.8 Å². The second kappa shape index (κ2) is 6.17. The molecule has 0 aliphatic carbocycles. The first-order valence-electron chi connectivity index (χ1n) is 6.52. The van der Waals surface area contributed by atoms with Gasteiger partial charge in [0.1, 0.15) is 17.8 Å². The average Bonchev–Trinajstić information content (AvgIpc) is 2.46.